The third-order valence-electron chi connectivity index (χ3n) is 5.14. The molecule has 2 aromatic rings. The first-order chi connectivity index (χ1) is 14.8. The van der Waals surface area contributed by atoms with Gasteiger partial charge in [0.05, 0.1) is 24.3 Å². The van der Waals surface area contributed by atoms with E-state index in [0.29, 0.717) is 5.13 Å². The number of benzene rings is 1. The number of carbonyl (C=O) groups is 2. The minimum atomic E-state index is -0.621. The monoisotopic (exact) mass is 444 g/mol. The highest BCUT2D eigenvalue weighted by Gasteiger charge is 2.26. The van der Waals surface area contributed by atoms with Gasteiger partial charge in [0.1, 0.15) is 6.04 Å². The van der Waals surface area contributed by atoms with Crippen LogP contribution in [-0.2, 0) is 27.3 Å². The van der Waals surface area contributed by atoms with Crippen LogP contribution < -0.4 is 10.6 Å². The fraction of sp³-hybridized carbons (Fsp3) is 0.522. The summed E-state index contributed by atoms with van der Waals surface area (Å²) < 4.78 is 5.78. The van der Waals surface area contributed by atoms with Gasteiger partial charge in [-0.05, 0) is 25.3 Å². The molecule has 1 aliphatic heterocycles. The number of morpholine rings is 1. The molecule has 1 fully saturated rings. The molecule has 7 nitrogen and oxygen atoms in total. The summed E-state index contributed by atoms with van der Waals surface area (Å²) in [5.74, 6) is -0.461. The molecule has 0 saturated carbocycles. The molecule has 0 aliphatic carbocycles. The fourth-order valence-corrected chi connectivity index (χ4v) is 4.51. The van der Waals surface area contributed by atoms with E-state index in [1.807, 2.05) is 49.6 Å². The van der Waals surface area contributed by atoms with Crippen LogP contribution in [0.1, 0.15) is 39.0 Å². The summed E-state index contributed by atoms with van der Waals surface area (Å²) >= 11 is 1.41. The Hall–Kier alpha value is -2.29. The number of anilines is 1. The van der Waals surface area contributed by atoms with Crippen LogP contribution >= 0.6 is 11.3 Å². The quantitative estimate of drug-likeness (QED) is 0.654. The maximum atomic E-state index is 12.8. The summed E-state index contributed by atoms with van der Waals surface area (Å²) in [5, 5.41) is 8.27. The number of rotatable bonds is 8. The number of nitrogens with zero attached hydrogens (tertiary/aromatic N) is 2. The lowest BCUT2D eigenvalue weighted by molar-refractivity contribution is -0.127. The smallest absolute Gasteiger partial charge is 0.248 e. The molecule has 0 bridgehead atoms. The van der Waals surface area contributed by atoms with Crippen molar-refractivity contribution in [3.05, 3.63) is 47.0 Å². The number of nitrogens with one attached hydrogen (secondary N) is 2. The van der Waals surface area contributed by atoms with Crippen LogP contribution in [0.4, 0.5) is 5.13 Å². The highest BCUT2D eigenvalue weighted by molar-refractivity contribution is 7.13. The molecule has 0 spiro atoms. The average molecular weight is 445 g/mol. The molecule has 168 valence electrons. The molecule has 1 aromatic carbocycles. The van der Waals surface area contributed by atoms with E-state index in [2.05, 4.69) is 34.4 Å². The Labute approximate surface area is 188 Å². The second-order valence-corrected chi connectivity index (χ2v) is 9.39. The Morgan fingerprint density at radius 2 is 1.87 bits per heavy atom. The van der Waals surface area contributed by atoms with Crippen molar-refractivity contribution in [3.8, 4) is 0 Å². The van der Waals surface area contributed by atoms with Crippen LogP contribution in [-0.4, -0.2) is 53.0 Å². The zero-order chi connectivity index (χ0) is 22.4. The molecule has 2 amide bonds. The number of ether oxygens (including phenoxy) is 1. The Morgan fingerprint density at radius 1 is 1.19 bits per heavy atom. The van der Waals surface area contributed by atoms with Gasteiger partial charge in [0, 0.05) is 25.0 Å². The molecular formula is C23H32N4O3S. The zero-order valence-corrected chi connectivity index (χ0v) is 19.4. The van der Waals surface area contributed by atoms with Gasteiger partial charge >= 0.3 is 0 Å². The van der Waals surface area contributed by atoms with Gasteiger partial charge in [-0.1, -0.05) is 44.2 Å². The van der Waals surface area contributed by atoms with Crippen molar-refractivity contribution >= 4 is 28.3 Å². The van der Waals surface area contributed by atoms with Crippen LogP contribution in [0.5, 0.6) is 0 Å². The average Bonchev–Trinajstić information content (AvgIpc) is 3.12. The Morgan fingerprint density at radius 3 is 2.52 bits per heavy atom. The number of aromatic nitrogens is 1. The van der Waals surface area contributed by atoms with Gasteiger partial charge in [-0.3, -0.25) is 14.5 Å². The lowest BCUT2D eigenvalue weighted by Gasteiger charge is -2.34. The third kappa shape index (κ3) is 7.12. The van der Waals surface area contributed by atoms with Crippen LogP contribution in [0.3, 0.4) is 0 Å². The standard InChI is InChI=1S/C23H32N4O3S/c1-15(2)21(25-20(28)10-18-8-6-5-7-9-18)22(29)26-23-24-19(14-31-23)13-27-11-16(3)30-17(4)12-27/h5-9,14-17,21H,10-13H2,1-4H3,(H,25,28)(H,24,26,29). The van der Waals surface area contributed by atoms with Gasteiger partial charge in [-0.15, -0.1) is 11.3 Å². The van der Waals surface area contributed by atoms with Crippen molar-refractivity contribution in [1.82, 2.24) is 15.2 Å². The number of hydrogen-bond acceptors (Lipinski definition) is 6. The summed E-state index contributed by atoms with van der Waals surface area (Å²) in [6, 6.07) is 8.88. The van der Waals surface area contributed by atoms with Crippen molar-refractivity contribution in [2.45, 2.75) is 58.9 Å². The van der Waals surface area contributed by atoms with Crippen LogP contribution in [0.2, 0.25) is 0 Å². The Kier molecular flexibility index (Phi) is 8.17. The van der Waals surface area contributed by atoms with Crippen LogP contribution in [0.25, 0.3) is 0 Å². The highest BCUT2D eigenvalue weighted by Crippen LogP contribution is 2.20. The molecule has 1 saturated heterocycles. The molecule has 2 N–H and O–H groups in total. The van der Waals surface area contributed by atoms with E-state index < -0.39 is 6.04 Å². The van der Waals surface area contributed by atoms with Gasteiger partial charge in [-0.2, -0.15) is 0 Å². The first kappa shape index (κ1) is 23.4. The minimum absolute atomic E-state index is 0.0459. The zero-order valence-electron chi connectivity index (χ0n) is 18.6. The van der Waals surface area contributed by atoms with Gasteiger partial charge in [-0.25, -0.2) is 4.98 Å². The molecule has 3 rings (SSSR count). The molecular weight excluding hydrogens is 412 g/mol. The summed E-state index contributed by atoms with van der Waals surface area (Å²) in [6.45, 7) is 10.5. The molecule has 2 heterocycles. The SMILES string of the molecule is CC1CN(Cc2csc(NC(=O)C(NC(=O)Cc3ccccc3)C(C)C)n2)CC(C)O1. The van der Waals surface area contributed by atoms with E-state index in [9.17, 15) is 9.59 Å². The van der Waals surface area contributed by atoms with Gasteiger partial charge in [0.2, 0.25) is 11.8 Å². The molecule has 0 radical (unpaired) electrons. The summed E-state index contributed by atoms with van der Waals surface area (Å²) in [7, 11) is 0. The lowest BCUT2D eigenvalue weighted by Crippen LogP contribution is -2.47. The molecule has 31 heavy (non-hydrogen) atoms. The maximum absolute atomic E-state index is 12.8. The molecule has 8 heteroatoms. The van der Waals surface area contributed by atoms with E-state index in [1.54, 1.807) is 0 Å². The molecule has 1 aliphatic rings. The topological polar surface area (TPSA) is 83.6 Å². The number of thiazole rings is 1. The maximum Gasteiger partial charge on any atom is 0.248 e. The summed E-state index contributed by atoms with van der Waals surface area (Å²) in [4.78, 5) is 32.2. The number of carbonyl (C=O) groups excluding carboxylic acids is 2. The number of hydrogen-bond donors (Lipinski definition) is 2. The summed E-state index contributed by atoms with van der Waals surface area (Å²) in [6.07, 6.45) is 0.649. The normalized spacial score (nSPS) is 20.4. The van der Waals surface area contributed by atoms with E-state index in [-0.39, 0.29) is 36.4 Å². The van der Waals surface area contributed by atoms with Crippen molar-refractivity contribution < 1.29 is 14.3 Å². The summed E-state index contributed by atoms with van der Waals surface area (Å²) in [5.41, 5.74) is 1.84. The van der Waals surface area contributed by atoms with Crippen molar-refractivity contribution in [2.75, 3.05) is 18.4 Å². The first-order valence-corrected chi connectivity index (χ1v) is 11.6. The second kappa shape index (κ2) is 10.8. The highest BCUT2D eigenvalue weighted by atomic mass is 32.1. The van der Waals surface area contributed by atoms with Gasteiger partial charge in [0.15, 0.2) is 5.13 Å². The predicted molar refractivity (Wildman–Crippen MR) is 123 cm³/mol. The third-order valence-corrected chi connectivity index (χ3v) is 5.94. The van der Waals surface area contributed by atoms with Gasteiger partial charge < -0.3 is 15.4 Å². The van der Waals surface area contributed by atoms with Crippen LogP contribution in [0.15, 0.2) is 35.7 Å². The van der Waals surface area contributed by atoms with Crippen molar-refractivity contribution in [1.29, 1.82) is 0 Å². The lowest BCUT2D eigenvalue weighted by atomic mass is 10.0. The van der Waals surface area contributed by atoms with E-state index in [4.69, 9.17) is 4.74 Å². The molecule has 1 aromatic heterocycles. The largest absolute Gasteiger partial charge is 0.373 e. The van der Waals surface area contributed by atoms with E-state index in [0.717, 1.165) is 30.9 Å². The van der Waals surface area contributed by atoms with Gasteiger partial charge in [0.25, 0.3) is 0 Å². The molecule has 3 unspecified atom stereocenters. The van der Waals surface area contributed by atoms with E-state index >= 15 is 0 Å². The van der Waals surface area contributed by atoms with Crippen molar-refractivity contribution in [3.63, 3.8) is 0 Å². The first-order valence-electron chi connectivity index (χ1n) is 10.8. The fourth-order valence-electron chi connectivity index (χ4n) is 3.80. The van der Waals surface area contributed by atoms with Crippen LogP contribution in [0, 0.1) is 5.92 Å². The Bertz CT molecular complexity index is 861. The Balaban J connectivity index is 1.55. The minimum Gasteiger partial charge on any atom is -0.373 e. The predicted octanol–water partition coefficient (Wildman–Crippen LogP) is 3.07. The molecule has 3 atom stereocenters. The van der Waals surface area contributed by atoms with Crippen molar-refractivity contribution in [2.24, 2.45) is 5.92 Å². The number of amides is 2. The second-order valence-electron chi connectivity index (χ2n) is 8.54. The van der Waals surface area contributed by atoms with E-state index in [1.165, 1.54) is 11.3 Å².